The molecule has 0 spiro atoms. The van der Waals surface area contributed by atoms with Crippen molar-refractivity contribution >= 4 is 45.1 Å². The number of hydrogen-bond donors (Lipinski definition) is 2. The molecule has 0 bridgehead atoms. The van der Waals surface area contributed by atoms with Crippen molar-refractivity contribution in [3.63, 3.8) is 0 Å². The maximum atomic E-state index is 12.9. The molecule has 30 heavy (non-hydrogen) atoms. The zero-order valence-electron chi connectivity index (χ0n) is 16.1. The van der Waals surface area contributed by atoms with Gasteiger partial charge in [-0.15, -0.1) is 0 Å². The lowest BCUT2D eigenvalue weighted by Crippen LogP contribution is -2.50. The van der Waals surface area contributed by atoms with Crippen LogP contribution in [0.4, 0.5) is 5.82 Å². The van der Waals surface area contributed by atoms with E-state index in [1.807, 2.05) is 24.4 Å². The molecule has 4 heterocycles. The lowest BCUT2D eigenvalue weighted by Gasteiger charge is -2.36. The second-order valence-corrected chi connectivity index (χ2v) is 7.74. The van der Waals surface area contributed by atoms with E-state index in [2.05, 4.69) is 32.0 Å². The van der Waals surface area contributed by atoms with Gasteiger partial charge in [-0.3, -0.25) is 9.78 Å². The smallest absolute Gasteiger partial charge is 0.256 e. The average molecular weight is 422 g/mol. The average Bonchev–Trinajstić information content (AvgIpc) is 3.23. The molecule has 1 atom stereocenters. The molecule has 1 aliphatic heterocycles. The first-order valence-electron chi connectivity index (χ1n) is 9.80. The van der Waals surface area contributed by atoms with Crippen LogP contribution < -0.4 is 4.90 Å². The van der Waals surface area contributed by atoms with Crippen LogP contribution in [0.15, 0.2) is 55.0 Å². The number of rotatable bonds is 3. The Hall–Kier alpha value is -3.16. The van der Waals surface area contributed by atoms with Crippen LogP contribution in [0, 0.1) is 0 Å². The number of anilines is 1. The highest BCUT2D eigenvalue weighted by Crippen LogP contribution is 2.29. The molecule has 7 nitrogen and oxygen atoms in total. The van der Waals surface area contributed by atoms with E-state index < -0.39 is 6.10 Å². The Morgan fingerprint density at radius 1 is 1.07 bits per heavy atom. The summed E-state index contributed by atoms with van der Waals surface area (Å²) in [6.07, 6.45) is 3.69. The van der Waals surface area contributed by atoms with Gasteiger partial charge >= 0.3 is 0 Å². The highest BCUT2D eigenvalue weighted by molar-refractivity contribution is 6.35. The van der Waals surface area contributed by atoms with Crippen LogP contribution in [-0.2, 0) is 4.79 Å². The molecule has 1 amide bonds. The summed E-state index contributed by atoms with van der Waals surface area (Å²) in [4.78, 5) is 28.7. The van der Waals surface area contributed by atoms with Gasteiger partial charge in [-0.05, 0) is 17.5 Å². The standard InChI is InChI=1S/C22H20ClN5O2/c23-17-6-8-24-18-16(13-26-19(17)18)20(29)22(30)28-11-9-27(10-12-28)21-15-4-2-1-3-14(15)5-7-25-21/h1-8,13,20,26,29H,9-12H2. The molecule has 0 saturated carbocycles. The van der Waals surface area contributed by atoms with E-state index in [0.717, 1.165) is 16.6 Å². The molecule has 1 aliphatic rings. The molecule has 0 radical (unpaired) electrons. The van der Waals surface area contributed by atoms with Crippen molar-refractivity contribution in [2.45, 2.75) is 6.10 Å². The molecule has 2 N–H and O–H groups in total. The number of carbonyl (C=O) groups is 1. The monoisotopic (exact) mass is 421 g/mol. The van der Waals surface area contributed by atoms with Gasteiger partial charge in [-0.25, -0.2) is 4.98 Å². The number of fused-ring (bicyclic) bond motifs is 2. The van der Waals surface area contributed by atoms with E-state index in [9.17, 15) is 9.90 Å². The van der Waals surface area contributed by atoms with Crippen molar-refractivity contribution in [3.05, 3.63) is 65.6 Å². The van der Waals surface area contributed by atoms with E-state index >= 15 is 0 Å². The zero-order chi connectivity index (χ0) is 20.7. The second-order valence-electron chi connectivity index (χ2n) is 7.33. The Labute approximate surface area is 177 Å². The predicted molar refractivity (Wildman–Crippen MR) is 117 cm³/mol. The summed E-state index contributed by atoms with van der Waals surface area (Å²) in [5, 5.41) is 13.5. The Kier molecular flexibility index (Phi) is 4.77. The van der Waals surface area contributed by atoms with E-state index in [-0.39, 0.29) is 5.91 Å². The Bertz CT molecular complexity index is 1230. The largest absolute Gasteiger partial charge is 0.378 e. The van der Waals surface area contributed by atoms with Crippen molar-refractivity contribution in [1.82, 2.24) is 19.9 Å². The van der Waals surface area contributed by atoms with E-state index in [0.29, 0.717) is 47.8 Å². The summed E-state index contributed by atoms with van der Waals surface area (Å²) >= 11 is 6.16. The van der Waals surface area contributed by atoms with Crippen molar-refractivity contribution in [2.75, 3.05) is 31.1 Å². The topological polar surface area (TPSA) is 85.3 Å². The fraction of sp³-hybridized carbons (Fsp3) is 0.227. The minimum Gasteiger partial charge on any atom is -0.378 e. The maximum Gasteiger partial charge on any atom is 0.256 e. The van der Waals surface area contributed by atoms with E-state index in [4.69, 9.17) is 11.6 Å². The van der Waals surface area contributed by atoms with Gasteiger partial charge in [0.25, 0.3) is 5.91 Å². The van der Waals surface area contributed by atoms with Gasteiger partial charge < -0.3 is 19.9 Å². The van der Waals surface area contributed by atoms with Crippen LogP contribution >= 0.6 is 11.6 Å². The van der Waals surface area contributed by atoms with Gasteiger partial charge in [0.05, 0.1) is 16.1 Å². The van der Waals surface area contributed by atoms with Crippen molar-refractivity contribution in [1.29, 1.82) is 0 Å². The van der Waals surface area contributed by atoms with Crippen LogP contribution in [0.3, 0.4) is 0 Å². The molecule has 8 heteroatoms. The fourth-order valence-electron chi connectivity index (χ4n) is 4.02. The fourth-order valence-corrected chi connectivity index (χ4v) is 4.22. The number of nitrogens with one attached hydrogen (secondary N) is 1. The number of carbonyl (C=O) groups excluding carboxylic acids is 1. The normalized spacial score (nSPS) is 15.7. The Morgan fingerprint density at radius 3 is 2.67 bits per heavy atom. The molecule has 5 rings (SSSR count). The summed E-state index contributed by atoms with van der Waals surface area (Å²) in [5.74, 6) is 0.597. The van der Waals surface area contributed by atoms with E-state index in [1.54, 1.807) is 23.4 Å². The minimum atomic E-state index is -1.29. The highest BCUT2D eigenvalue weighted by atomic mass is 35.5. The highest BCUT2D eigenvalue weighted by Gasteiger charge is 2.30. The van der Waals surface area contributed by atoms with Crippen LogP contribution in [0.25, 0.3) is 21.8 Å². The molecule has 3 aromatic heterocycles. The minimum absolute atomic E-state index is 0.330. The molecule has 4 aromatic rings. The number of aromatic amines is 1. The lowest BCUT2D eigenvalue weighted by molar-refractivity contribution is -0.140. The quantitative estimate of drug-likeness (QED) is 0.530. The first kappa shape index (κ1) is 18.8. The number of halogens is 1. The number of aliphatic hydroxyl groups excluding tert-OH is 1. The van der Waals surface area contributed by atoms with Crippen LogP contribution in [0.1, 0.15) is 11.7 Å². The first-order valence-corrected chi connectivity index (χ1v) is 10.2. The Balaban J connectivity index is 1.32. The third-order valence-electron chi connectivity index (χ3n) is 5.62. The second kappa shape index (κ2) is 7.59. The van der Waals surface area contributed by atoms with E-state index in [1.165, 1.54) is 0 Å². The van der Waals surface area contributed by atoms with Gasteiger partial charge in [0.1, 0.15) is 5.82 Å². The van der Waals surface area contributed by atoms with Gasteiger partial charge in [0, 0.05) is 55.7 Å². The SMILES string of the molecule is O=C(C(O)c1c[nH]c2c(Cl)ccnc12)N1CCN(c2nccc3ccccc23)CC1. The van der Waals surface area contributed by atoms with Gasteiger partial charge in [-0.2, -0.15) is 0 Å². The summed E-state index contributed by atoms with van der Waals surface area (Å²) in [7, 11) is 0. The van der Waals surface area contributed by atoms with Crippen molar-refractivity contribution in [2.24, 2.45) is 0 Å². The summed E-state index contributed by atoms with van der Waals surface area (Å²) in [6, 6.07) is 11.8. The summed E-state index contributed by atoms with van der Waals surface area (Å²) < 4.78 is 0. The van der Waals surface area contributed by atoms with Crippen LogP contribution in [0.2, 0.25) is 5.02 Å². The first-order chi connectivity index (χ1) is 14.6. The molecular weight excluding hydrogens is 402 g/mol. The number of piperazine rings is 1. The molecule has 1 saturated heterocycles. The molecule has 1 unspecified atom stereocenters. The maximum absolute atomic E-state index is 12.9. The number of pyridine rings is 2. The molecule has 1 aromatic carbocycles. The molecular formula is C22H20ClN5O2. The number of benzene rings is 1. The van der Waals surface area contributed by atoms with Crippen molar-refractivity contribution < 1.29 is 9.90 Å². The van der Waals surface area contributed by atoms with Gasteiger partial charge in [-0.1, -0.05) is 35.9 Å². The summed E-state index contributed by atoms with van der Waals surface area (Å²) in [5.41, 5.74) is 1.57. The molecule has 0 aliphatic carbocycles. The Morgan fingerprint density at radius 2 is 1.83 bits per heavy atom. The van der Waals surface area contributed by atoms with Crippen LogP contribution in [-0.4, -0.2) is 57.0 Å². The molecule has 1 fully saturated rings. The number of nitrogens with zero attached hydrogens (tertiary/aromatic N) is 4. The number of H-pyrrole nitrogens is 1. The zero-order valence-corrected chi connectivity index (χ0v) is 16.9. The van der Waals surface area contributed by atoms with Gasteiger partial charge in [0.15, 0.2) is 6.10 Å². The number of hydrogen-bond acceptors (Lipinski definition) is 5. The van der Waals surface area contributed by atoms with Gasteiger partial charge in [0.2, 0.25) is 0 Å². The third kappa shape index (κ3) is 3.16. The lowest BCUT2D eigenvalue weighted by atomic mass is 10.1. The number of aliphatic hydroxyl groups is 1. The van der Waals surface area contributed by atoms with Crippen LogP contribution in [0.5, 0.6) is 0 Å². The predicted octanol–water partition coefficient (Wildman–Crippen LogP) is 3.15. The van der Waals surface area contributed by atoms with Crippen molar-refractivity contribution in [3.8, 4) is 0 Å². The molecule has 152 valence electrons. The summed E-state index contributed by atoms with van der Waals surface area (Å²) in [6.45, 7) is 2.32. The number of aromatic nitrogens is 3. The third-order valence-corrected chi connectivity index (χ3v) is 5.93. The number of amides is 1.